The van der Waals surface area contributed by atoms with Gasteiger partial charge in [0.25, 0.3) is 5.89 Å². The van der Waals surface area contributed by atoms with Crippen molar-refractivity contribution in [1.29, 1.82) is 0 Å². The molecule has 2 aliphatic heterocycles. The molecule has 0 unspecified atom stereocenters. The lowest BCUT2D eigenvalue weighted by molar-refractivity contribution is -0.139. The van der Waals surface area contributed by atoms with Crippen LogP contribution in [-0.4, -0.2) is 52.2 Å². The quantitative estimate of drug-likeness (QED) is 0.808. The minimum absolute atomic E-state index is 0.257. The summed E-state index contributed by atoms with van der Waals surface area (Å²) in [6.07, 6.45) is 7.93. The molecular formula is C21H26N4O3. The van der Waals surface area contributed by atoms with Gasteiger partial charge in [0.2, 0.25) is 5.91 Å². The van der Waals surface area contributed by atoms with Crippen LogP contribution in [0.4, 0.5) is 0 Å². The largest absolute Gasteiger partial charge is 0.381 e. The van der Waals surface area contributed by atoms with Gasteiger partial charge in [0, 0.05) is 54.9 Å². The highest BCUT2D eigenvalue weighted by Gasteiger charge is 2.33. The summed E-state index contributed by atoms with van der Waals surface area (Å²) in [6, 6.07) is 3.95. The number of nitrogens with zero attached hydrogens (tertiary/aromatic N) is 4. The third kappa shape index (κ3) is 3.43. The molecule has 0 radical (unpaired) electrons. The number of hydrogen-bond acceptors (Lipinski definition) is 6. The number of ether oxygens (including phenoxy) is 1. The second-order valence-corrected chi connectivity index (χ2v) is 8.22. The van der Waals surface area contributed by atoms with Crippen molar-refractivity contribution in [3.8, 4) is 11.5 Å². The number of amides is 1. The van der Waals surface area contributed by atoms with Crippen molar-refractivity contribution >= 4 is 5.91 Å². The molecule has 3 aliphatic rings. The van der Waals surface area contributed by atoms with E-state index in [-0.39, 0.29) is 11.8 Å². The Morgan fingerprint density at radius 1 is 1.11 bits per heavy atom. The maximum Gasteiger partial charge on any atom is 0.258 e. The SMILES string of the molecule is O=C(C1CCC1)N1CCC(c2noc(-c3ccnc([C@@H]4CCOC4)c3)n2)CC1. The van der Waals surface area contributed by atoms with E-state index in [2.05, 4.69) is 15.1 Å². The average Bonchev–Trinajstić information content (AvgIpc) is 3.39. The fraction of sp³-hybridized carbons (Fsp3) is 0.619. The van der Waals surface area contributed by atoms with Gasteiger partial charge in [-0.15, -0.1) is 0 Å². The van der Waals surface area contributed by atoms with E-state index in [0.29, 0.717) is 17.7 Å². The summed E-state index contributed by atoms with van der Waals surface area (Å²) < 4.78 is 11.0. The smallest absolute Gasteiger partial charge is 0.258 e. The predicted octanol–water partition coefficient (Wildman–Crippen LogP) is 3.14. The van der Waals surface area contributed by atoms with Crippen molar-refractivity contribution in [2.24, 2.45) is 5.92 Å². The molecule has 2 aromatic heterocycles. The van der Waals surface area contributed by atoms with Gasteiger partial charge in [0.15, 0.2) is 5.82 Å². The number of carbonyl (C=O) groups excluding carboxylic acids is 1. The highest BCUT2D eigenvalue weighted by Crippen LogP contribution is 2.33. The first-order chi connectivity index (χ1) is 13.8. The van der Waals surface area contributed by atoms with Crippen LogP contribution in [0.3, 0.4) is 0 Å². The number of pyridine rings is 1. The lowest BCUT2D eigenvalue weighted by atomic mass is 9.83. The van der Waals surface area contributed by atoms with Gasteiger partial charge >= 0.3 is 0 Å². The number of rotatable bonds is 4. The molecule has 7 heteroatoms. The summed E-state index contributed by atoms with van der Waals surface area (Å²) in [4.78, 5) is 23.6. The molecule has 0 N–H and O–H groups in total. The Balaban J connectivity index is 1.24. The van der Waals surface area contributed by atoms with Crippen LogP contribution in [0.1, 0.15) is 61.9 Å². The highest BCUT2D eigenvalue weighted by atomic mass is 16.5. The predicted molar refractivity (Wildman–Crippen MR) is 102 cm³/mol. The normalized spacial score (nSPS) is 23.7. The van der Waals surface area contributed by atoms with Gasteiger partial charge in [0.05, 0.1) is 6.61 Å². The third-order valence-corrected chi connectivity index (χ3v) is 6.44. The number of likely N-dealkylation sites (tertiary alicyclic amines) is 1. The maximum atomic E-state index is 12.4. The first-order valence-electron chi connectivity index (χ1n) is 10.4. The van der Waals surface area contributed by atoms with Crippen LogP contribution in [-0.2, 0) is 9.53 Å². The van der Waals surface area contributed by atoms with E-state index in [4.69, 9.17) is 9.26 Å². The van der Waals surface area contributed by atoms with Gasteiger partial charge in [-0.1, -0.05) is 11.6 Å². The fourth-order valence-electron chi connectivity index (χ4n) is 4.36. The summed E-state index contributed by atoms with van der Waals surface area (Å²) in [7, 11) is 0. The van der Waals surface area contributed by atoms with Crippen molar-refractivity contribution in [3.63, 3.8) is 0 Å². The number of piperidine rings is 1. The Morgan fingerprint density at radius 3 is 2.68 bits per heavy atom. The van der Waals surface area contributed by atoms with Gasteiger partial charge in [-0.25, -0.2) is 0 Å². The van der Waals surface area contributed by atoms with Crippen molar-refractivity contribution in [1.82, 2.24) is 20.0 Å². The molecule has 0 spiro atoms. The fourth-order valence-corrected chi connectivity index (χ4v) is 4.36. The van der Waals surface area contributed by atoms with Gasteiger partial charge in [-0.05, 0) is 44.2 Å². The summed E-state index contributed by atoms with van der Waals surface area (Å²) in [5.41, 5.74) is 1.94. The van der Waals surface area contributed by atoms with Crippen LogP contribution in [0.25, 0.3) is 11.5 Å². The van der Waals surface area contributed by atoms with Crippen LogP contribution in [0.15, 0.2) is 22.9 Å². The molecule has 1 amide bonds. The molecule has 5 rings (SSSR count). The number of hydrogen-bond donors (Lipinski definition) is 0. The van der Waals surface area contributed by atoms with E-state index in [9.17, 15) is 4.79 Å². The molecule has 1 aliphatic carbocycles. The zero-order valence-corrected chi connectivity index (χ0v) is 16.0. The first kappa shape index (κ1) is 17.8. The number of carbonyl (C=O) groups is 1. The number of aromatic nitrogens is 3. The minimum atomic E-state index is 0.257. The van der Waals surface area contributed by atoms with Gasteiger partial charge in [-0.3, -0.25) is 9.78 Å². The summed E-state index contributed by atoms with van der Waals surface area (Å²) in [5, 5.41) is 4.24. The van der Waals surface area contributed by atoms with Crippen molar-refractivity contribution in [2.75, 3.05) is 26.3 Å². The zero-order chi connectivity index (χ0) is 18.9. The molecule has 1 atom stereocenters. The Bertz CT molecular complexity index is 834. The molecule has 0 aromatic carbocycles. The summed E-state index contributed by atoms with van der Waals surface area (Å²) >= 11 is 0. The molecule has 3 fully saturated rings. The first-order valence-corrected chi connectivity index (χ1v) is 10.4. The average molecular weight is 382 g/mol. The Hall–Kier alpha value is -2.28. The minimum Gasteiger partial charge on any atom is -0.381 e. The van der Waals surface area contributed by atoms with E-state index < -0.39 is 0 Å². The van der Waals surface area contributed by atoms with Crippen LogP contribution in [0.5, 0.6) is 0 Å². The molecule has 148 valence electrons. The lowest BCUT2D eigenvalue weighted by Gasteiger charge is -2.35. The summed E-state index contributed by atoms with van der Waals surface area (Å²) in [6.45, 7) is 3.11. The summed E-state index contributed by atoms with van der Waals surface area (Å²) in [5.74, 6) is 2.53. The van der Waals surface area contributed by atoms with E-state index in [1.807, 2.05) is 17.0 Å². The molecule has 28 heavy (non-hydrogen) atoms. The standard InChI is InChI=1S/C21H26N4O3/c26-21(15-2-1-3-15)25-9-5-14(6-10-25)19-23-20(28-24-19)16-4-8-22-18(12-16)17-7-11-27-13-17/h4,8,12,14-15,17H,1-3,5-7,9-11,13H2/t17-/m1/s1. The zero-order valence-electron chi connectivity index (χ0n) is 16.0. The van der Waals surface area contributed by atoms with Gasteiger partial charge in [-0.2, -0.15) is 4.98 Å². The molecule has 1 saturated carbocycles. The van der Waals surface area contributed by atoms with Crippen LogP contribution < -0.4 is 0 Å². The molecule has 2 saturated heterocycles. The van der Waals surface area contributed by atoms with E-state index in [0.717, 1.165) is 75.5 Å². The van der Waals surface area contributed by atoms with Crippen LogP contribution in [0, 0.1) is 5.92 Å². The third-order valence-electron chi connectivity index (χ3n) is 6.44. The lowest BCUT2D eigenvalue weighted by Crippen LogP contribution is -2.43. The highest BCUT2D eigenvalue weighted by molar-refractivity contribution is 5.79. The van der Waals surface area contributed by atoms with Crippen LogP contribution >= 0.6 is 0 Å². The van der Waals surface area contributed by atoms with Crippen molar-refractivity contribution in [2.45, 2.75) is 50.4 Å². The Kier molecular flexibility index (Phi) is 4.84. The van der Waals surface area contributed by atoms with E-state index in [1.54, 1.807) is 6.20 Å². The van der Waals surface area contributed by atoms with E-state index in [1.165, 1.54) is 6.42 Å². The molecule has 0 bridgehead atoms. The van der Waals surface area contributed by atoms with E-state index >= 15 is 0 Å². The van der Waals surface area contributed by atoms with Gasteiger partial charge < -0.3 is 14.2 Å². The Labute approximate surface area is 164 Å². The second-order valence-electron chi connectivity index (χ2n) is 8.22. The monoisotopic (exact) mass is 382 g/mol. The van der Waals surface area contributed by atoms with Gasteiger partial charge in [0.1, 0.15) is 0 Å². The van der Waals surface area contributed by atoms with Crippen LogP contribution in [0.2, 0.25) is 0 Å². The maximum absolute atomic E-state index is 12.4. The molecule has 4 heterocycles. The Morgan fingerprint density at radius 2 is 1.96 bits per heavy atom. The van der Waals surface area contributed by atoms with Crippen molar-refractivity contribution in [3.05, 3.63) is 29.8 Å². The molecular weight excluding hydrogens is 356 g/mol. The second kappa shape index (κ2) is 7.62. The van der Waals surface area contributed by atoms with Crippen molar-refractivity contribution < 1.29 is 14.1 Å². The topological polar surface area (TPSA) is 81.4 Å². The molecule has 2 aromatic rings. The molecule has 7 nitrogen and oxygen atoms in total.